The van der Waals surface area contributed by atoms with Crippen molar-refractivity contribution in [2.24, 2.45) is 0 Å². The number of piperidine rings is 1. The molecule has 2 N–H and O–H groups in total. The van der Waals surface area contributed by atoms with E-state index >= 15 is 0 Å². The van der Waals surface area contributed by atoms with E-state index in [0.29, 0.717) is 29.6 Å². The fraction of sp³-hybridized carbons (Fsp3) is 0.526. The predicted molar refractivity (Wildman–Crippen MR) is 108 cm³/mol. The van der Waals surface area contributed by atoms with Gasteiger partial charge in [-0.05, 0) is 52.7 Å². The summed E-state index contributed by atoms with van der Waals surface area (Å²) < 4.78 is 0. The zero-order valence-electron chi connectivity index (χ0n) is 16.2. The van der Waals surface area contributed by atoms with Crippen LogP contribution >= 0.6 is 11.6 Å². The number of nitrogens with one attached hydrogen (secondary N) is 1. The Morgan fingerprint density at radius 2 is 2.15 bits per heavy atom. The summed E-state index contributed by atoms with van der Waals surface area (Å²) in [5.41, 5.74) is -0.0647. The molecule has 8 heteroatoms. The van der Waals surface area contributed by atoms with Gasteiger partial charge in [0.15, 0.2) is 5.82 Å². The van der Waals surface area contributed by atoms with E-state index in [1.165, 1.54) is 11.0 Å². The maximum absolute atomic E-state index is 12.0. The Labute approximate surface area is 165 Å². The summed E-state index contributed by atoms with van der Waals surface area (Å²) in [6, 6.07) is 1.45. The Morgan fingerprint density at radius 3 is 2.74 bits per heavy atom. The van der Waals surface area contributed by atoms with E-state index in [4.69, 9.17) is 11.6 Å². The van der Waals surface area contributed by atoms with Gasteiger partial charge >= 0.3 is 6.09 Å². The largest absolute Gasteiger partial charge is 0.465 e. The molecule has 7 nitrogen and oxygen atoms in total. The third-order valence-electron chi connectivity index (χ3n) is 4.44. The number of aromatic nitrogens is 1. The molecule has 1 aliphatic heterocycles. The van der Waals surface area contributed by atoms with E-state index in [1.54, 1.807) is 25.3 Å². The van der Waals surface area contributed by atoms with Crippen molar-refractivity contribution in [3.63, 3.8) is 0 Å². The third-order valence-corrected chi connectivity index (χ3v) is 4.75. The highest BCUT2D eigenvalue weighted by Crippen LogP contribution is 2.34. The molecule has 0 bridgehead atoms. The van der Waals surface area contributed by atoms with Crippen LogP contribution in [0.5, 0.6) is 0 Å². The number of carbonyl (C=O) groups excluding carboxylic acids is 1. The van der Waals surface area contributed by atoms with Crippen molar-refractivity contribution in [3.8, 4) is 0 Å². The summed E-state index contributed by atoms with van der Waals surface area (Å²) in [5, 5.41) is 12.9. The fourth-order valence-corrected chi connectivity index (χ4v) is 3.64. The van der Waals surface area contributed by atoms with Gasteiger partial charge in [-0.1, -0.05) is 17.7 Å². The molecule has 0 aliphatic carbocycles. The summed E-state index contributed by atoms with van der Waals surface area (Å²) in [6.45, 7) is 8.63. The van der Waals surface area contributed by atoms with Gasteiger partial charge in [-0.3, -0.25) is 9.69 Å². The molecule has 0 spiro atoms. The molecule has 2 rings (SSSR count). The molecule has 27 heavy (non-hydrogen) atoms. The van der Waals surface area contributed by atoms with Crippen LogP contribution in [0.25, 0.3) is 0 Å². The summed E-state index contributed by atoms with van der Waals surface area (Å²) in [6.07, 6.45) is 5.31. The van der Waals surface area contributed by atoms with Crippen LogP contribution < -0.4 is 10.2 Å². The number of pyridine rings is 1. The zero-order chi connectivity index (χ0) is 20.2. The monoisotopic (exact) mass is 394 g/mol. The van der Waals surface area contributed by atoms with Gasteiger partial charge in [-0.2, -0.15) is 0 Å². The summed E-state index contributed by atoms with van der Waals surface area (Å²) in [5.74, 6) is 0.272. The molecule has 0 aromatic carbocycles. The number of allylic oxidation sites excluding steroid dienone is 1. The number of nitrogens with zero attached hydrogens (tertiary/aromatic N) is 3. The van der Waals surface area contributed by atoms with Gasteiger partial charge in [0.05, 0.1) is 11.1 Å². The first kappa shape index (κ1) is 21.0. The first-order chi connectivity index (χ1) is 12.6. The van der Waals surface area contributed by atoms with Gasteiger partial charge in [0.25, 0.3) is 0 Å². The topological polar surface area (TPSA) is 85.8 Å². The first-order valence-corrected chi connectivity index (χ1v) is 9.38. The Bertz CT molecular complexity index is 730. The van der Waals surface area contributed by atoms with Crippen molar-refractivity contribution in [2.75, 3.05) is 23.3 Å². The highest BCUT2D eigenvalue weighted by molar-refractivity contribution is 6.34. The van der Waals surface area contributed by atoms with Crippen LogP contribution in [0.1, 0.15) is 40.5 Å². The van der Waals surface area contributed by atoms with Crippen molar-refractivity contribution >= 4 is 35.1 Å². The minimum absolute atomic E-state index is 0.170. The fourth-order valence-electron chi connectivity index (χ4n) is 3.45. The average molecular weight is 395 g/mol. The first-order valence-electron chi connectivity index (χ1n) is 9.00. The van der Waals surface area contributed by atoms with Crippen LogP contribution in [0.3, 0.4) is 0 Å². The molecule has 148 valence electrons. The van der Waals surface area contributed by atoms with Gasteiger partial charge in [0.2, 0.25) is 5.91 Å². The van der Waals surface area contributed by atoms with Crippen LogP contribution in [0.15, 0.2) is 24.4 Å². The van der Waals surface area contributed by atoms with E-state index in [2.05, 4.69) is 10.3 Å². The van der Waals surface area contributed by atoms with Gasteiger partial charge in [0.1, 0.15) is 5.69 Å². The number of hydrogen-bond donors (Lipinski definition) is 2. The van der Waals surface area contributed by atoms with Crippen LogP contribution in [0.4, 0.5) is 16.3 Å². The molecule has 1 aromatic rings. The van der Waals surface area contributed by atoms with E-state index in [0.717, 1.165) is 12.8 Å². The number of rotatable bonds is 4. The molecule has 0 unspecified atom stereocenters. The molecule has 2 heterocycles. The lowest BCUT2D eigenvalue weighted by molar-refractivity contribution is -0.111. The number of halogens is 1. The average Bonchev–Trinajstić information content (AvgIpc) is 2.55. The molecule has 1 saturated heterocycles. The Morgan fingerprint density at radius 1 is 1.44 bits per heavy atom. The number of amides is 2. The Kier molecular flexibility index (Phi) is 6.70. The number of anilines is 2. The summed E-state index contributed by atoms with van der Waals surface area (Å²) >= 11 is 6.30. The van der Waals surface area contributed by atoms with Gasteiger partial charge in [-0.25, -0.2) is 9.78 Å². The van der Waals surface area contributed by atoms with Crippen molar-refractivity contribution in [2.45, 2.75) is 52.1 Å². The lowest BCUT2D eigenvalue weighted by Gasteiger charge is -2.44. The summed E-state index contributed by atoms with van der Waals surface area (Å²) in [7, 11) is 0. The molecule has 1 atom stereocenters. The Balaban J connectivity index is 2.32. The standard InChI is InChI=1S/C19H27ClN4O3/c1-5-7-15(25)22-16-14(20)9-10-21-17(16)23-11-6-8-13(12-23)24(18(26)27)19(2,3)4/h5,7,9-10,13H,6,8,11-12H2,1-4H3,(H,22,25)(H,26,27)/t13-/m1/s1. The minimum Gasteiger partial charge on any atom is -0.465 e. The van der Waals surface area contributed by atoms with Crippen LogP contribution in [-0.2, 0) is 4.79 Å². The molecular formula is C19H27ClN4O3. The van der Waals surface area contributed by atoms with E-state index in [9.17, 15) is 14.7 Å². The number of hydrogen-bond acceptors (Lipinski definition) is 4. The number of carboxylic acid groups (broad SMARTS) is 1. The third kappa shape index (κ3) is 5.13. The van der Waals surface area contributed by atoms with Crippen LogP contribution in [0.2, 0.25) is 5.02 Å². The zero-order valence-corrected chi connectivity index (χ0v) is 17.0. The van der Waals surface area contributed by atoms with Gasteiger partial charge in [-0.15, -0.1) is 0 Å². The lowest BCUT2D eigenvalue weighted by Crippen LogP contribution is -2.57. The quantitative estimate of drug-likeness (QED) is 0.754. The van der Waals surface area contributed by atoms with Gasteiger partial charge < -0.3 is 15.3 Å². The smallest absolute Gasteiger partial charge is 0.408 e. The second-order valence-corrected chi connectivity index (χ2v) is 7.95. The van der Waals surface area contributed by atoms with Crippen molar-refractivity contribution < 1.29 is 14.7 Å². The van der Waals surface area contributed by atoms with E-state index < -0.39 is 11.6 Å². The molecule has 1 aromatic heterocycles. The maximum Gasteiger partial charge on any atom is 0.408 e. The second kappa shape index (κ2) is 8.61. The van der Waals surface area contributed by atoms with Crippen LogP contribution in [-0.4, -0.2) is 51.7 Å². The molecule has 0 saturated carbocycles. The minimum atomic E-state index is -0.935. The van der Waals surface area contributed by atoms with E-state index in [1.807, 2.05) is 25.7 Å². The normalized spacial score (nSPS) is 17.8. The predicted octanol–water partition coefficient (Wildman–Crippen LogP) is 4.00. The summed E-state index contributed by atoms with van der Waals surface area (Å²) in [4.78, 5) is 31.7. The molecule has 1 fully saturated rings. The second-order valence-electron chi connectivity index (χ2n) is 7.55. The van der Waals surface area contributed by atoms with Crippen molar-refractivity contribution in [1.82, 2.24) is 9.88 Å². The van der Waals surface area contributed by atoms with Gasteiger partial charge in [0, 0.05) is 24.8 Å². The molecule has 0 radical (unpaired) electrons. The number of carbonyl (C=O) groups is 2. The Hall–Kier alpha value is -2.28. The van der Waals surface area contributed by atoms with E-state index in [-0.39, 0.29) is 11.9 Å². The van der Waals surface area contributed by atoms with Crippen molar-refractivity contribution in [1.29, 1.82) is 0 Å². The van der Waals surface area contributed by atoms with Crippen molar-refractivity contribution in [3.05, 3.63) is 29.4 Å². The highest BCUT2D eigenvalue weighted by atomic mass is 35.5. The SMILES string of the molecule is CC=CC(=O)Nc1c(Cl)ccnc1N1CCC[C@@H](N(C(=O)O)C(C)(C)C)C1. The lowest BCUT2D eigenvalue weighted by atomic mass is 9.97. The molecule has 1 aliphatic rings. The highest BCUT2D eigenvalue weighted by Gasteiger charge is 2.36. The van der Waals surface area contributed by atoms with Crippen LogP contribution in [0, 0.1) is 0 Å². The molecular weight excluding hydrogens is 368 g/mol. The molecule has 2 amide bonds. The maximum atomic E-state index is 12.0.